The molecule has 2 aliphatic rings. The van der Waals surface area contributed by atoms with Crippen molar-refractivity contribution in [2.45, 2.75) is 32.7 Å². The van der Waals surface area contributed by atoms with Gasteiger partial charge in [0.05, 0.1) is 0 Å². The van der Waals surface area contributed by atoms with Gasteiger partial charge in [0.15, 0.2) is 0 Å². The van der Waals surface area contributed by atoms with E-state index in [-0.39, 0.29) is 0 Å². The van der Waals surface area contributed by atoms with E-state index in [0.717, 1.165) is 0 Å². The number of allylic oxidation sites excluding steroid dienone is 3. The Morgan fingerprint density at radius 2 is 2.33 bits per heavy atom. The second-order valence-electron chi connectivity index (χ2n) is 4.03. The van der Waals surface area contributed by atoms with Crippen molar-refractivity contribution in [3.8, 4) is 0 Å². The predicted molar refractivity (Wildman–Crippen MR) is 51.8 cm³/mol. The lowest BCUT2D eigenvalue weighted by molar-refractivity contribution is 0.326. The highest BCUT2D eigenvalue weighted by Crippen LogP contribution is 2.29. The average Bonchev–Trinajstić information content (AvgIpc) is 2.49. The highest BCUT2D eigenvalue weighted by atomic mass is 15.2. The van der Waals surface area contributed by atoms with Crippen LogP contribution in [-0.2, 0) is 0 Å². The van der Waals surface area contributed by atoms with Crippen molar-refractivity contribution in [1.29, 1.82) is 0 Å². The van der Waals surface area contributed by atoms with E-state index in [2.05, 4.69) is 37.0 Å². The van der Waals surface area contributed by atoms with Gasteiger partial charge in [-0.1, -0.05) is 26.0 Å². The lowest BCUT2D eigenvalue weighted by Gasteiger charge is -2.32. The lowest BCUT2D eigenvalue weighted by atomic mass is 10.0. The summed E-state index contributed by atoms with van der Waals surface area (Å²) in [5.41, 5.74) is 1.53. The Labute approximate surface area is 74.8 Å². The van der Waals surface area contributed by atoms with Crippen LogP contribution in [0.25, 0.3) is 0 Å². The average molecular weight is 163 g/mol. The third kappa shape index (κ3) is 1.17. The van der Waals surface area contributed by atoms with Crippen molar-refractivity contribution in [3.63, 3.8) is 0 Å². The van der Waals surface area contributed by atoms with Crippen molar-refractivity contribution in [2.75, 3.05) is 6.54 Å². The van der Waals surface area contributed by atoms with Crippen LogP contribution in [0.3, 0.4) is 0 Å². The molecule has 0 bridgehead atoms. The molecule has 0 aromatic rings. The van der Waals surface area contributed by atoms with Crippen LogP contribution in [0.4, 0.5) is 0 Å². The van der Waals surface area contributed by atoms with E-state index in [1.165, 1.54) is 25.1 Å². The summed E-state index contributed by atoms with van der Waals surface area (Å²) in [5.74, 6) is 0.676. The summed E-state index contributed by atoms with van der Waals surface area (Å²) in [6.45, 7) is 5.82. The third-order valence-corrected chi connectivity index (χ3v) is 2.82. The quantitative estimate of drug-likeness (QED) is 0.574. The van der Waals surface area contributed by atoms with Gasteiger partial charge in [0.2, 0.25) is 0 Å². The zero-order valence-electron chi connectivity index (χ0n) is 7.96. The van der Waals surface area contributed by atoms with Crippen LogP contribution < -0.4 is 0 Å². The normalized spacial score (nSPS) is 27.8. The Bertz CT molecular complexity index is 225. The van der Waals surface area contributed by atoms with E-state index >= 15 is 0 Å². The van der Waals surface area contributed by atoms with E-state index in [9.17, 15) is 0 Å². The molecule has 2 heterocycles. The highest BCUT2D eigenvalue weighted by Gasteiger charge is 2.26. The Morgan fingerprint density at radius 1 is 1.50 bits per heavy atom. The zero-order chi connectivity index (χ0) is 8.55. The SMILES string of the molecule is CC(C)C1=CC=CC2CCCN12. The monoisotopic (exact) mass is 163 g/mol. The Morgan fingerprint density at radius 3 is 3.08 bits per heavy atom. The molecule has 2 aliphatic heterocycles. The maximum absolute atomic E-state index is 2.56. The minimum atomic E-state index is 0.676. The van der Waals surface area contributed by atoms with Gasteiger partial charge in [-0.05, 0) is 24.8 Å². The van der Waals surface area contributed by atoms with E-state index in [0.29, 0.717) is 12.0 Å². The number of nitrogens with zero attached hydrogens (tertiary/aromatic N) is 1. The molecule has 0 aliphatic carbocycles. The molecular formula is C11H17N. The van der Waals surface area contributed by atoms with Crippen molar-refractivity contribution in [2.24, 2.45) is 5.92 Å². The standard InChI is InChI=1S/C11H17N/c1-9(2)11-7-3-5-10-6-4-8-12(10)11/h3,5,7,9-10H,4,6,8H2,1-2H3. The van der Waals surface area contributed by atoms with Crippen molar-refractivity contribution >= 4 is 0 Å². The predicted octanol–water partition coefficient (Wildman–Crippen LogP) is 2.56. The van der Waals surface area contributed by atoms with Gasteiger partial charge in [-0.3, -0.25) is 0 Å². The molecule has 0 spiro atoms. The molecule has 1 atom stereocenters. The van der Waals surface area contributed by atoms with Gasteiger partial charge >= 0.3 is 0 Å². The molecule has 66 valence electrons. The molecule has 0 saturated carbocycles. The third-order valence-electron chi connectivity index (χ3n) is 2.82. The number of hydrogen-bond acceptors (Lipinski definition) is 1. The maximum atomic E-state index is 2.56. The molecule has 1 unspecified atom stereocenters. The fourth-order valence-corrected chi connectivity index (χ4v) is 2.22. The number of hydrogen-bond donors (Lipinski definition) is 0. The topological polar surface area (TPSA) is 3.24 Å². The van der Waals surface area contributed by atoms with E-state index < -0.39 is 0 Å². The van der Waals surface area contributed by atoms with E-state index in [4.69, 9.17) is 0 Å². The summed E-state index contributed by atoms with van der Waals surface area (Å²) in [6.07, 6.45) is 9.53. The Hall–Kier alpha value is -0.720. The van der Waals surface area contributed by atoms with Gasteiger partial charge in [0.1, 0.15) is 0 Å². The number of rotatable bonds is 1. The van der Waals surface area contributed by atoms with Crippen LogP contribution in [0.1, 0.15) is 26.7 Å². The molecule has 1 fully saturated rings. The molecule has 0 N–H and O–H groups in total. The first-order valence-corrected chi connectivity index (χ1v) is 4.94. The minimum absolute atomic E-state index is 0.676. The van der Waals surface area contributed by atoms with Crippen molar-refractivity contribution < 1.29 is 0 Å². The first kappa shape index (κ1) is 7.90. The maximum Gasteiger partial charge on any atom is 0.0473 e. The molecule has 12 heavy (non-hydrogen) atoms. The Balaban J connectivity index is 2.21. The van der Waals surface area contributed by atoms with Crippen LogP contribution in [0.5, 0.6) is 0 Å². The zero-order valence-corrected chi connectivity index (χ0v) is 7.96. The number of fused-ring (bicyclic) bond motifs is 1. The summed E-state index contributed by atoms with van der Waals surface area (Å²) in [5, 5.41) is 0. The van der Waals surface area contributed by atoms with Gasteiger partial charge in [-0.2, -0.15) is 0 Å². The summed E-state index contributed by atoms with van der Waals surface area (Å²) in [7, 11) is 0. The summed E-state index contributed by atoms with van der Waals surface area (Å²) < 4.78 is 0. The fourth-order valence-electron chi connectivity index (χ4n) is 2.22. The molecule has 2 rings (SSSR count). The second-order valence-corrected chi connectivity index (χ2v) is 4.03. The van der Waals surface area contributed by atoms with Gasteiger partial charge in [-0.15, -0.1) is 0 Å². The van der Waals surface area contributed by atoms with E-state index in [1.54, 1.807) is 0 Å². The van der Waals surface area contributed by atoms with Gasteiger partial charge < -0.3 is 4.90 Å². The van der Waals surface area contributed by atoms with Crippen molar-refractivity contribution in [1.82, 2.24) is 4.90 Å². The van der Waals surface area contributed by atoms with Crippen LogP contribution in [0.2, 0.25) is 0 Å². The molecule has 1 saturated heterocycles. The first-order chi connectivity index (χ1) is 5.79. The molecular weight excluding hydrogens is 146 g/mol. The molecule has 1 nitrogen and oxygen atoms in total. The Kier molecular flexibility index (Phi) is 1.95. The van der Waals surface area contributed by atoms with Crippen LogP contribution in [-0.4, -0.2) is 17.5 Å². The molecule has 0 aromatic carbocycles. The van der Waals surface area contributed by atoms with Crippen LogP contribution in [0, 0.1) is 5.92 Å². The van der Waals surface area contributed by atoms with Crippen molar-refractivity contribution in [3.05, 3.63) is 23.9 Å². The lowest BCUT2D eigenvalue weighted by Crippen LogP contribution is -2.31. The molecule has 1 heteroatoms. The van der Waals surface area contributed by atoms with Gasteiger partial charge in [0, 0.05) is 18.3 Å². The summed E-state index contributed by atoms with van der Waals surface area (Å²) in [4.78, 5) is 2.56. The largest absolute Gasteiger partial charge is 0.368 e. The van der Waals surface area contributed by atoms with E-state index in [1.807, 2.05) is 0 Å². The van der Waals surface area contributed by atoms with Crippen LogP contribution >= 0.6 is 0 Å². The van der Waals surface area contributed by atoms with Gasteiger partial charge in [0.25, 0.3) is 0 Å². The first-order valence-electron chi connectivity index (χ1n) is 4.94. The molecule has 0 aromatic heterocycles. The second kappa shape index (κ2) is 2.96. The fraction of sp³-hybridized carbons (Fsp3) is 0.636. The molecule has 0 radical (unpaired) electrons. The smallest absolute Gasteiger partial charge is 0.0473 e. The molecule has 0 amide bonds. The van der Waals surface area contributed by atoms with Crippen LogP contribution in [0.15, 0.2) is 23.9 Å². The highest BCUT2D eigenvalue weighted by molar-refractivity contribution is 5.23. The summed E-state index contributed by atoms with van der Waals surface area (Å²) >= 11 is 0. The van der Waals surface area contributed by atoms with Gasteiger partial charge in [-0.25, -0.2) is 0 Å². The minimum Gasteiger partial charge on any atom is -0.368 e. The summed E-state index contributed by atoms with van der Waals surface area (Å²) in [6, 6.07) is 0.715.